The van der Waals surface area contributed by atoms with Crippen LogP contribution >= 0.6 is 11.3 Å². The van der Waals surface area contributed by atoms with Crippen LogP contribution < -0.4 is 0 Å². The topological polar surface area (TPSA) is 83.7 Å². The number of nitrogens with zero attached hydrogens (tertiary/aromatic N) is 3. The quantitative estimate of drug-likeness (QED) is 0.587. The van der Waals surface area contributed by atoms with Crippen LogP contribution in [0, 0.1) is 25.5 Å². The smallest absolute Gasteiger partial charge is 0.265 e. The Bertz CT molecular complexity index is 1220. The summed E-state index contributed by atoms with van der Waals surface area (Å²) >= 11 is 1.21. The number of carbonyl (C=O) groups is 1. The van der Waals surface area contributed by atoms with Crippen molar-refractivity contribution < 1.29 is 26.4 Å². The molecule has 1 saturated heterocycles. The maximum atomic E-state index is 14.0. The molecule has 3 aromatic rings. The van der Waals surface area contributed by atoms with E-state index in [1.165, 1.54) is 16.2 Å². The van der Waals surface area contributed by atoms with E-state index < -0.39 is 26.6 Å². The van der Waals surface area contributed by atoms with Gasteiger partial charge in [0.2, 0.25) is 10.0 Å². The van der Waals surface area contributed by atoms with Crippen molar-refractivity contribution in [2.45, 2.75) is 18.7 Å². The molecule has 0 unspecified atom stereocenters. The monoisotopic (exact) mass is 467 g/mol. The Kier molecular flexibility index (Phi) is 5.67. The predicted octanol–water partition coefficient (Wildman–Crippen LogP) is 3.44. The number of hydrogen-bond acceptors (Lipinski definition) is 6. The first-order valence-electron chi connectivity index (χ1n) is 9.46. The third-order valence-electron chi connectivity index (χ3n) is 4.98. The number of sulfonamides is 1. The number of rotatable bonds is 4. The molecule has 1 fully saturated rings. The number of furan rings is 1. The first kappa shape index (κ1) is 21.6. The zero-order chi connectivity index (χ0) is 22.3. The second-order valence-corrected chi connectivity index (χ2v) is 9.96. The normalized spacial score (nSPS) is 15.4. The molecular weight excluding hydrogens is 448 g/mol. The SMILES string of the molecule is Cc1ccc(-c2nc(C)c(C(=O)N3CCN(S(=O)(=O)c4c(F)cccc4F)CC3)s2)o1. The Morgan fingerprint density at radius 1 is 1.06 bits per heavy atom. The van der Waals surface area contributed by atoms with E-state index in [1.54, 1.807) is 13.0 Å². The zero-order valence-electron chi connectivity index (χ0n) is 16.8. The maximum Gasteiger partial charge on any atom is 0.265 e. The summed E-state index contributed by atoms with van der Waals surface area (Å²) in [5.74, 6) is -1.23. The van der Waals surface area contributed by atoms with E-state index in [9.17, 15) is 22.0 Å². The standard InChI is InChI=1S/C20H19F2N3O4S2/c1-12-6-7-16(29-12)19-23-13(2)17(30-19)20(26)24-8-10-25(11-9-24)31(27,28)18-14(21)4-3-5-15(18)22/h3-7H,8-11H2,1-2H3. The summed E-state index contributed by atoms with van der Waals surface area (Å²) in [6, 6.07) is 6.51. The molecule has 7 nitrogen and oxygen atoms in total. The van der Waals surface area contributed by atoms with Crippen LogP contribution in [0.15, 0.2) is 39.6 Å². The second kappa shape index (κ2) is 8.13. The van der Waals surface area contributed by atoms with Crippen LogP contribution in [-0.4, -0.2) is 54.7 Å². The van der Waals surface area contributed by atoms with Crippen molar-refractivity contribution in [3.63, 3.8) is 0 Å². The van der Waals surface area contributed by atoms with E-state index in [0.717, 1.165) is 28.3 Å². The highest BCUT2D eigenvalue weighted by atomic mass is 32.2. The number of thiazole rings is 1. The van der Waals surface area contributed by atoms with Gasteiger partial charge in [0, 0.05) is 26.2 Å². The fraction of sp³-hybridized carbons (Fsp3) is 0.300. The average Bonchev–Trinajstić information content (AvgIpc) is 3.33. The van der Waals surface area contributed by atoms with E-state index >= 15 is 0 Å². The van der Waals surface area contributed by atoms with Crippen LogP contribution in [0.2, 0.25) is 0 Å². The summed E-state index contributed by atoms with van der Waals surface area (Å²) in [6.07, 6.45) is 0. The molecule has 0 saturated carbocycles. The minimum Gasteiger partial charge on any atom is -0.459 e. The molecule has 164 valence electrons. The molecule has 2 aromatic heterocycles. The van der Waals surface area contributed by atoms with Crippen LogP contribution in [-0.2, 0) is 10.0 Å². The van der Waals surface area contributed by atoms with Gasteiger partial charge in [0.25, 0.3) is 5.91 Å². The molecule has 0 radical (unpaired) electrons. The molecular formula is C20H19F2N3O4S2. The minimum absolute atomic E-state index is 0.0655. The van der Waals surface area contributed by atoms with Gasteiger partial charge >= 0.3 is 0 Å². The van der Waals surface area contributed by atoms with Gasteiger partial charge in [0.1, 0.15) is 22.3 Å². The minimum atomic E-state index is -4.35. The van der Waals surface area contributed by atoms with E-state index in [0.29, 0.717) is 21.3 Å². The largest absolute Gasteiger partial charge is 0.459 e. The van der Waals surface area contributed by atoms with Gasteiger partial charge in [-0.15, -0.1) is 11.3 Å². The van der Waals surface area contributed by atoms with Crippen molar-refractivity contribution in [2.24, 2.45) is 0 Å². The van der Waals surface area contributed by atoms with Gasteiger partial charge in [0.05, 0.1) is 5.69 Å². The molecule has 1 aliphatic heterocycles. The number of halogens is 2. The van der Waals surface area contributed by atoms with Gasteiger partial charge in [0.15, 0.2) is 15.7 Å². The lowest BCUT2D eigenvalue weighted by Gasteiger charge is -2.33. The van der Waals surface area contributed by atoms with E-state index in [2.05, 4.69) is 4.98 Å². The lowest BCUT2D eigenvalue weighted by Crippen LogP contribution is -2.50. The number of aromatic nitrogens is 1. The molecule has 1 aliphatic rings. The van der Waals surface area contributed by atoms with Gasteiger partial charge in [-0.25, -0.2) is 22.2 Å². The summed E-state index contributed by atoms with van der Waals surface area (Å²) in [4.78, 5) is 18.4. The van der Waals surface area contributed by atoms with Gasteiger partial charge < -0.3 is 9.32 Å². The van der Waals surface area contributed by atoms with Crippen molar-refractivity contribution >= 4 is 27.3 Å². The highest BCUT2D eigenvalue weighted by Crippen LogP contribution is 2.31. The molecule has 0 atom stereocenters. The van der Waals surface area contributed by atoms with Gasteiger partial charge in [-0.2, -0.15) is 4.31 Å². The Hall–Kier alpha value is -2.63. The van der Waals surface area contributed by atoms with Crippen LogP contribution in [0.3, 0.4) is 0 Å². The number of amides is 1. The van der Waals surface area contributed by atoms with Crippen LogP contribution in [0.25, 0.3) is 10.8 Å². The third kappa shape index (κ3) is 4.00. The summed E-state index contributed by atoms with van der Waals surface area (Å²) in [5.41, 5.74) is 0.558. The molecule has 3 heterocycles. The van der Waals surface area contributed by atoms with Crippen molar-refractivity contribution in [1.82, 2.24) is 14.2 Å². The highest BCUT2D eigenvalue weighted by molar-refractivity contribution is 7.89. The summed E-state index contributed by atoms with van der Waals surface area (Å²) in [6.45, 7) is 3.61. The molecule has 0 N–H and O–H groups in total. The number of aryl methyl sites for hydroxylation is 2. The number of hydrogen-bond donors (Lipinski definition) is 0. The Balaban J connectivity index is 1.49. The molecule has 0 spiro atoms. The Morgan fingerprint density at radius 3 is 2.29 bits per heavy atom. The van der Waals surface area contributed by atoms with Crippen molar-refractivity contribution in [3.05, 3.63) is 58.3 Å². The fourth-order valence-electron chi connectivity index (χ4n) is 3.38. The summed E-state index contributed by atoms with van der Waals surface area (Å²) in [5, 5.41) is 0.588. The van der Waals surface area contributed by atoms with Gasteiger partial charge in [-0.1, -0.05) is 6.07 Å². The lowest BCUT2D eigenvalue weighted by atomic mass is 10.3. The molecule has 1 amide bonds. The fourth-order valence-corrected chi connectivity index (χ4v) is 5.91. The average molecular weight is 468 g/mol. The number of benzene rings is 1. The molecule has 0 bridgehead atoms. The third-order valence-corrected chi connectivity index (χ3v) is 8.10. The molecule has 31 heavy (non-hydrogen) atoms. The van der Waals surface area contributed by atoms with Crippen molar-refractivity contribution in [1.29, 1.82) is 0 Å². The highest BCUT2D eigenvalue weighted by Gasteiger charge is 2.35. The summed E-state index contributed by atoms with van der Waals surface area (Å²) < 4.78 is 60.0. The second-order valence-electron chi connectivity index (χ2n) is 7.09. The van der Waals surface area contributed by atoms with E-state index in [1.807, 2.05) is 13.0 Å². The Labute approximate surface area is 182 Å². The molecule has 4 rings (SSSR count). The lowest BCUT2D eigenvalue weighted by molar-refractivity contribution is 0.0701. The molecule has 0 aliphatic carbocycles. The van der Waals surface area contributed by atoms with Gasteiger partial charge in [-0.05, 0) is 38.1 Å². The van der Waals surface area contributed by atoms with Crippen molar-refractivity contribution in [2.75, 3.05) is 26.2 Å². The predicted molar refractivity (Wildman–Crippen MR) is 110 cm³/mol. The Morgan fingerprint density at radius 2 is 1.71 bits per heavy atom. The maximum absolute atomic E-state index is 14.0. The number of piperazine rings is 1. The van der Waals surface area contributed by atoms with Gasteiger partial charge in [-0.3, -0.25) is 4.79 Å². The van der Waals surface area contributed by atoms with Crippen LogP contribution in [0.4, 0.5) is 8.78 Å². The summed E-state index contributed by atoms with van der Waals surface area (Å²) in [7, 11) is -4.35. The van der Waals surface area contributed by atoms with E-state index in [4.69, 9.17) is 4.42 Å². The first-order valence-corrected chi connectivity index (χ1v) is 11.7. The first-order chi connectivity index (χ1) is 14.7. The van der Waals surface area contributed by atoms with Crippen LogP contribution in [0.5, 0.6) is 0 Å². The van der Waals surface area contributed by atoms with Crippen molar-refractivity contribution in [3.8, 4) is 10.8 Å². The van der Waals surface area contributed by atoms with E-state index in [-0.39, 0.29) is 32.1 Å². The number of carbonyl (C=O) groups excluding carboxylic acids is 1. The van der Waals surface area contributed by atoms with Crippen LogP contribution in [0.1, 0.15) is 21.1 Å². The zero-order valence-corrected chi connectivity index (χ0v) is 18.4. The molecule has 11 heteroatoms. The molecule has 1 aromatic carbocycles.